The summed E-state index contributed by atoms with van der Waals surface area (Å²) in [6, 6.07) is 16.0. The molecule has 1 aliphatic rings. The van der Waals surface area contributed by atoms with Crippen LogP contribution in [0.5, 0.6) is 0 Å². The van der Waals surface area contributed by atoms with Crippen LogP contribution in [-0.2, 0) is 7.05 Å². The van der Waals surface area contributed by atoms with Gasteiger partial charge in [0.1, 0.15) is 8.24 Å². The number of nitrogens with zero attached hydrogens (tertiary/aromatic N) is 1. The van der Waals surface area contributed by atoms with Crippen LogP contribution in [0.3, 0.4) is 0 Å². The number of aryl methyl sites for hydroxylation is 2. The van der Waals surface area contributed by atoms with Crippen LogP contribution in [0.2, 0.25) is 13.1 Å². The van der Waals surface area contributed by atoms with Gasteiger partial charge >= 0.3 is 0 Å². The molecule has 1 atom stereocenters. The Hall–Kier alpha value is -1.84. The molecule has 0 fully saturated rings. The summed E-state index contributed by atoms with van der Waals surface area (Å²) in [6.45, 7) is 19.1. The standard InChI is InChI=1S/C27H38N2Si/c1-18-14-15-22-21(16-18)23-24(29(22)7)19-12-10-11-13-20(19)25(23)30(8,9)28-27(5,6)17-26(2,3)4/h10-16,25,28H,17H2,1-9H3. The molecule has 0 saturated heterocycles. The van der Waals surface area contributed by atoms with E-state index < -0.39 is 8.24 Å². The maximum Gasteiger partial charge on any atom is 0.131 e. The molecule has 1 heterocycles. The zero-order valence-electron chi connectivity index (χ0n) is 20.3. The molecule has 0 aliphatic heterocycles. The van der Waals surface area contributed by atoms with Gasteiger partial charge in [-0.1, -0.05) is 69.8 Å². The van der Waals surface area contributed by atoms with Crippen molar-refractivity contribution >= 4 is 19.1 Å². The molecular formula is C27H38N2Si. The summed E-state index contributed by atoms with van der Waals surface area (Å²) in [4.78, 5) is 4.23. The predicted octanol–water partition coefficient (Wildman–Crippen LogP) is 7.15. The third kappa shape index (κ3) is 3.56. The van der Waals surface area contributed by atoms with E-state index in [0.29, 0.717) is 11.0 Å². The van der Waals surface area contributed by atoms with Crippen molar-refractivity contribution < 1.29 is 0 Å². The van der Waals surface area contributed by atoms with Crippen LogP contribution >= 0.6 is 0 Å². The molecule has 0 amide bonds. The predicted molar refractivity (Wildman–Crippen MR) is 134 cm³/mol. The first kappa shape index (κ1) is 21.4. The summed E-state index contributed by atoms with van der Waals surface area (Å²) in [6.07, 6.45) is 1.16. The molecule has 4 rings (SSSR count). The van der Waals surface area contributed by atoms with Crippen molar-refractivity contribution in [1.82, 2.24) is 9.55 Å². The first-order valence-corrected chi connectivity index (χ1v) is 14.4. The average molecular weight is 419 g/mol. The first-order valence-electron chi connectivity index (χ1n) is 11.3. The second-order valence-electron chi connectivity index (χ2n) is 11.8. The number of aromatic nitrogens is 1. The lowest BCUT2D eigenvalue weighted by Crippen LogP contribution is -2.60. The van der Waals surface area contributed by atoms with Crippen molar-refractivity contribution in [2.24, 2.45) is 12.5 Å². The smallest absolute Gasteiger partial charge is 0.131 e. The molecule has 1 N–H and O–H groups in total. The van der Waals surface area contributed by atoms with E-state index in [1.54, 1.807) is 5.56 Å². The molecule has 1 unspecified atom stereocenters. The van der Waals surface area contributed by atoms with Crippen LogP contribution in [0.1, 0.15) is 63.3 Å². The molecule has 30 heavy (non-hydrogen) atoms. The molecule has 3 aromatic rings. The highest BCUT2D eigenvalue weighted by molar-refractivity contribution is 6.77. The molecular weight excluding hydrogens is 380 g/mol. The van der Waals surface area contributed by atoms with Gasteiger partial charge in [-0.25, -0.2) is 0 Å². The van der Waals surface area contributed by atoms with Crippen molar-refractivity contribution in [3.63, 3.8) is 0 Å². The van der Waals surface area contributed by atoms with E-state index in [1.165, 1.54) is 33.3 Å². The number of hydrogen-bond donors (Lipinski definition) is 1. The van der Waals surface area contributed by atoms with Gasteiger partial charge in [-0.2, -0.15) is 0 Å². The van der Waals surface area contributed by atoms with Crippen molar-refractivity contribution in [2.75, 3.05) is 0 Å². The fourth-order valence-corrected chi connectivity index (χ4v) is 10.4. The van der Waals surface area contributed by atoms with Gasteiger partial charge in [-0.05, 0) is 55.9 Å². The SMILES string of the molecule is Cc1ccc2c(c1)c1c(n2C)-c2ccccc2C1[Si](C)(C)NC(C)(C)CC(C)(C)C. The summed E-state index contributed by atoms with van der Waals surface area (Å²) in [5.74, 6) is 0. The van der Waals surface area contributed by atoms with Crippen LogP contribution in [0.15, 0.2) is 42.5 Å². The number of benzene rings is 2. The van der Waals surface area contributed by atoms with Crippen LogP contribution in [-0.4, -0.2) is 18.3 Å². The molecule has 0 bridgehead atoms. The van der Waals surface area contributed by atoms with Gasteiger partial charge in [0, 0.05) is 34.6 Å². The van der Waals surface area contributed by atoms with E-state index in [9.17, 15) is 0 Å². The summed E-state index contributed by atoms with van der Waals surface area (Å²) >= 11 is 0. The topological polar surface area (TPSA) is 17.0 Å². The second-order valence-corrected chi connectivity index (χ2v) is 16.1. The number of rotatable bonds is 4. The third-order valence-corrected chi connectivity index (χ3v) is 9.93. The van der Waals surface area contributed by atoms with E-state index in [2.05, 4.69) is 114 Å². The largest absolute Gasteiger partial charge is 0.343 e. The highest BCUT2D eigenvalue weighted by Gasteiger charge is 2.46. The normalized spacial score (nSPS) is 16.8. The molecule has 1 aliphatic carbocycles. The lowest BCUT2D eigenvalue weighted by atomic mass is 9.82. The van der Waals surface area contributed by atoms with Crippen LogP contribution in [0.25, 0.3) is 22.2 Å². The van der Waals surface area contributed by atoms with Crippen molar-refractivity contribution in [3.05, 3.63) is 59.2 Å². The van der Waals surface area contributed by atoms with Gasteiger partial charge in [0.15, 0.2) is 0 Å². The first-order chi connectivity index (χ1) is 13.8. The number of nitrogens with one attached hydrogen (secondary N) is 1. The van der Waals surface area contributed by atoms with Gasteiger partial charge < -0.3 is 9.55 Å². The summed E-state index contributed by atoms with van der Waals surface area (Å²) < 4.78 is 2.42. The average Bonchev–Trinajstić information content (AvgIpc) is 3.06. The molecule has 160 valence electrons. The third-order valence-electron chi connectivity index (χ3n) is 6.56. The quantitative estimate of drug-likeness (QED) is 0.445. The minimum absolute atomic E-state index is 0.103. The Morgan fingerprint density at radius 3 is 2.33 bits per heavy atom. The molecule has 2 aromatic carbocycles. The maximum absolute atomic E-state index is 4.23. The number of hydrogen-bond acceptors (Lipinski definition) is 1. The number of fused-ring (bicyclic) bond motifs is 5. The summed E-state index contributed by atoms with van der Waals surface area (Å²) in [5.41, 5.74) is 9.45. The molecule has 0 radical (unpaired) electrons. The Bertz CT molecular complexity index is 1110. The maximum atomic E-state index is 4.23. The van der Waals surface area contributed by atoms with Gasteiger partial charge in [0.25, 0.3) is 0 Å². The molecule has 1 aromatic heterocycles. The van der Waals surface area contributed by atoms with E-state index in [1.807, 2.05) is 0 Å². The molecule has 0 saturated carbocycles. The monoisotopic (exact) mass is 418 g/mol. The zero-order chi connectivity index (χ0) is 22.1. The fraction of sp³-hybridized carbons (Fsp3) is 0.481. The highest BCUT2D eigenvalue weighted by atomic mass is 28.3. The van der Waals surface area contributed by atoms with E-state index in [-0.39, 0.29) is 5.54 Å². The Balaban J connectivity index is 1.90. The van der Waals surface area contributed by atoms with Crippen molar-refractivity contribution in [2.45, 2.75) is 72.1 Å². The Morgan fingerprint density at radius 2 is 1.67 bits per heavy atom. The Kier molecular flexibility index (Phi) is 4.87. The van der Waals surface area contributed by atoms with Gasteiger partial charge in [-0.15, -0.1) is 0 Å². The van der Waals surface area contributed by atoms with E-state index >= 15 is 0 Å². The van der Waals surface area contributed by atoms with E-state index in [0.717, 1.165) is 6.42 Å². The van der Waals surface area contributed by atoms with Crippen LogP contribution < -0.4 is 4.98 Å². The van der Waals surface area contributed by atoms with Crippen LogP contribution in [0.4, 0.5) is 0 Å². The van der Waals surface area contributed by atoms with Gasteiger partial charge in [-0.3, -0.25) is 0 Å². The highest BCUT2D eigenvalue weighted by Crippen LogP contribution is 2.52. The lowest BCUT2D eigenvalue weighted by molar-refractivity contribution is 0.267. The second kappa shape index (κ2) is 6.83. The summed E-state index contributed by atoms with van der Waals surface area (Å²) in [5, 5.41) is 1.43. The summed E-state index contributed by atoms with van der Waals surface area (Å²) in [7, 11) is 0.345. The van der Waals surface area contributed by atoms with Crippen molar-refractivity contribution in [3.8, 4) is 11.3 Å². The minimum atomic E-state index is -1.89. The van der Waals surface area contributed by atoms with Gasteiger partial charge in [0.05, 0.1) is 5.69 Å². The van der Waals surface area contributed by atoms with Crippen molar-refractivity contribution in [1.29, 1.82) is 0 Å². The Morgan fingerprint density at radius 1 is 1.00 bits per heavy atom. The fourth-order valence-electron chi connectivity index (χ4n) is 6.39. The Labute approximate surface area is 183 Å². The minimum Gasteiger partial charge on any atom is -0.343 e. The van der Waals surface area contributed by atoms with Gasteiger partial charge in [0.2, 0.25) is 0 Å². The molecule has 3 heteroatoms. The lowest BCUT2D eigenvalue weighted by Gasteiger charge is -2.43. The molecule has 2 nitrogen and oxygen atoms in total. The van der Waals surface area contributed by atoms with Crippen LogP contribution in [0, 0.1) is 12.3 Å². The zero-order valence-corrected chi connectivity index (χ0v) is 21.3. The molecule has 0 spiro atoms. The van der Waals surface area contributed by atoms with E-state index in [4.69, 9.17) is 0 Å².